The molecule has 4 unspecified atom stereocenters. The highest BCUT2D eigenvalue weighted by molar-refractivity contribution is 5.25. The first-order valence-corrected chi connectivity index (χ1v) is 5.19. The maximum absolute atomic E-state index is 8.85. The van der Waals surface area contributed by atoms with Crippen molar-refractivity contribution in [2.75, 3.05) is 0 Å². The largest absolute Gasteiger partial charge is 0.350 e. The summed E-state index contributed by atoms with van der Waals surface area (Å²) in [6, 6.07) is 2.27. The molecule has 2 heteroatoms. The van der Waals surface area contributed by atoms with Gasteiger partial charge in [-0.15, -0.1) is 0 Å². The molecule has 13 heavy (non-hydrogen) atoms. The fourth-order valence-electron chi connectivity index (χ4n) is 3.69. The summed E-state index contributed by atoms with van der Waals surface area (Å²) in [5.74, 6) is 1.55. The Kier molecular flexibility index (Phi) is 1.16. The summed E-state index contributed by atoms with van der Waals surface area (Å²) in [6.45, 7) is 4.67. The normalized spacial score (nSPS) is 55.3. The van der Waals surface area contributed by atoms with Crippen LogP contribution in [-0.4, -0.2) is 11.7 Å². The minimum atomic E-state index is -0.0852. The Morgan fingerprint density at radius 3 is 2.69 bits per heavy atom. The lowest BCUT2D eigenvalue weighted by Gasteiger charge is -2.59. The highest BCUT2D eigenvalue weighted by Crippen LogP contribution is 2.69. The van der Waals surface area contributed by atoms with Crippen LogP contribution in [0.1, 0.15) is 33.1 Å². The second kappa shape index (κ2) is 1.93. The van der Waals surface area contributed by atoms with Crippen LogP contribution in [0.5, 0.6) is 0 Å². The maximum atomic E-state index is 8.85. The minimum Gasteiger partial charge on any atom is -0.350 e. The van der Waals surface area contributed by atoms with Crippen LogP contribution in [-0.2, 0) is 4.74 Å². The molecular weight excluding hydrogens is 162 g/mol. The van der Waals surface area contributed by atoms with Crippen molar-refractivity contribution in [3.63, 3.8) is 0 Å². The Morgan fingerprint density at radius 2 is 2.23 bits per heavy atom. The van der Waals surface area contributed by atoms with Gasteiger partial charge >= 0.3 is 0 Å². The third kappa shape index (κ3) is 0.692. The van der Waals surface area contributed by atoms with E-state index >= 15 is 0 Å². The third-order valence-electron chi connectivity index (χ3n) is 4.79. The van der Waals surface area contributed by atoms with Gasteiger partial charge in [0.1, 0.15) is 5.60 Å². The molecule has 4 atom stereocenters. The first-order valence-electron chi connectivity index (χ1n) is 5.19. The van der Waals surface area contributed by atoms with Gasteiger partial charge in [0, 0.05) is 0 Å². The van der Waals surface area contributed by atoms with E-state index in [0.29, 0.717) is 11.3 Å². The Bertz CT molecular complexity index is 302. The number of nitrogens with zero attached hydrogens (tertiary/aromatic N) is 1. The molecule has 2 bridgehead atoms. The zero-order valence-corrected chi connectivity index (χ0v) is 8.21. The van der Waals surface area contributed by atoms with Gasteiger partial charge in [-0.1, -0.05) is 13.8 Å². The average molecular weight is 177 g/mol. The molecule has 2 nitrogen and oxygen atoms in total. The average Bonchev–Trinajstić information content (AvgIpc) is 2.78. The van der Waals surface area contributed by atoms with E-state index in [4.69, 9.17) is 10.00 Å². The fraction of sp³-hybridized carbons (Fsp3) is 0.909. The van der Waals surface area contributed by atoms with Gasteiger partial charge in [-0.25, -0.2) is 0 Å². The number of fused-ring (bicyclic) bond motifs is 1. The second-order valence-corrected chi connectivity index (χ2v) is 5.43. The lowest BCUT2D eigenvalue weighted by atomic mass is 9.45. The molecule has 1 spiro atoms. The number of hydrogen-bond acceptors (Lipinski definition) is 2. The van der Waals surface area contributed by atoms with Crippen LogP contribution in [0.4, 0.5) is 0 Å². The topological polar surface area (TPSA) is 36.3 Å². The summed E-state index contributed by atoms with van der Waals surface area (Å²) in [5.41, 5.74) is 0.427. The van der Waals surface area contributed by atoms with Crippen LogP contribution < -0.4 is 0 Å². The maximum Gasteiger partial charge on any atom is 0.173 e. The van der Waals surface area contributed by atoms with Crippen molar-refractivity contribution in [3.05, 3.63) is 0 Å². The number of rotatable bonds is 0. The predicted octanol–water partition coefficient (Wildman–Crippen LogP) is 2.10. The van der Waals surface area contributed by atoms with Gasteiger partial charge in [0.25, 0.3) is 0 Å². The quantitative estimate of drug-likeness (QED) is 0.531. The molecule has 0 radical (unpaired) electrons. The number of hydrogen-bond donors (Lipinski definition) is 0. The van der Waals surface area contributed by atoms with E-state index in [1.807, 2.05) is 0 Å². The van der Waals surface area contributed by atoms with Gasteiger partial charge < -0.3 is 4.74 Å². The molecule has 4 aliphatic rings. The molecule has 0 aromatic heterocycles. The molecule has 0 aromatic carbocycles. The SMILES string of the molecule is CC1(C)C2CCC3(OC3C#N)C1C2. The lowest BCUT2D eigenvalue weighted by Crippen LogP contribution is -2.57. The van der Waals surface area contributed by atoms with Crippen molar-refractivity contribution >= 4 is 0 Å². The standard InChI is InChI=1S/C11H15NO/c1-10(2)7-3-4-11(8(10)5-7)9(6-12)13-11/h7-9H,3-5H2,1-2H3. The van der Waals surface area contributed by atoms with E-state index in [2.05, 4.69) is 19.9 Å². The van der Waals surface area contributed by atoms with Crippen LogP contribution in [0, 0.1) is 28.6 Å². The number of epoxide rings is 1. The summed E-state index contributed by atoms with van der Waals surface area (Å²) in [4.78, 5) is 0. The third-order valence-corrected chi connectivity index (χ3v) is 4.79. The summed E-state index contributed by atoms with van der Waals surface area (Å²) in [6.07, 6.45) is 3.61. The van der Waals surface area contributed by atoms with Crippen LogP contribution in [0.25, 0.3) is 0 Å². The molecule has 1 saturated heterocycles. The monoisotopic (exact) mass is 177 g/mol. The first kappa shape index (κ1) is 7.82. The zero-order chi connectivity index (χ0) is 9.27. The second-order valence-electron chi connectivity index (χ2n) is 5.43. The Hall–Kier alpha value is -0.550. The molecule has 1 aliphatic heterocycles. The molecule has 70 valence electrons. The smallest absolute Gasteiger partial charge is 0.173 e. The molecule has 1 heterocycles. The zero-order valence-electron chi connectivity index (χ0n) is 8.21. The van der Waals surface area contributed by atoms with E-state index < -0.39 is 0 Å². The molecule has 4 rings (SSSR count). The number of ether oxygens (including phenoxy) is 1. The summed E-state index contributed by atoms with van der Waals surface area (Å²) >= 11 is 0. The number of nitriles is 1. The molecular formula is C11H15NO. The molecule has 0 N–H and O–H groups in total. The Morgan fingerprint density at radius 1 is 1.46 bits per heavy atom. The van der Waals surface area contributed by atoms with Crippen molar-refractivity contribution in [2.45, 2.75) is 44.8 Å². The van der Waals surface area contributed by atoms with E-state index in [-0.39, 0.29) is 11.7 Å². The summed E-state index contributed by atoms with van der Waals surface area (Å²) in [5, 5.41) is 8.85. The van der Waals surface area contributed by atoms with Crippen LogP contribution in [0.3, 0.4) is 0 Å². The molecule has 0 amide bonds. The van der Waals surface area contributed by atoms with Crippen molar-refractivity contribution in [1.82, 2.24) is 0 Å². The van der Waals surface area contributed by atoms with Crippen molar-refractivity contribution in [2.24, 2.45) is 17.3 Å². The van der Waals surface area contributed by atoms with Gasteiger partial charge in [-0.3, -0.25) is 0 Å². The van der Waals surface area contributed by atoms with E-state index in [9.17, 15) is 0 Å². The highest BCUT2D eigenvalue weighted by Gasteiger charge is 2.72. The molecule has 0 aromatic rings. The van der Waals surface area contributed by atoms with Crippen LogP contribution in [0.2, 0.25) is 0 Å². The summed E-state index contributed by atoms with van der Waals surface area (Å²) in [7, 11) is 0. The van der Waals surface area contributed by atoms with Gasteiger partial charge in [0.05, 0.1) is 6.07 Å². The Balaban J connectivity index is 1.91. The van der Waals surface area contributed by atoms with Crippen molar-refractivity contribution in [1.29, 1.82) is 5.26 Å². The lowest BCUT2D eigenvalue weighted by molar-refractivity contribution is -0.116. The molecule has 3 saturated carbocycles. The molecule has 4 fully saturated rings. The van der Waals surface area contributed by atoms with Crippen LogP contribution in [0.15, 0.2) is 0 Å². The Labute approximate surface area is 78.9 Å². The van der Waals surface area contributed by atoms with Crippen molar-refractivity contribution in [3.8, 4) is 6.07 Å². The van der Waals surface area contributed by atoms with Gasteiger partial charge in [-0.05, 0) is 36.5 Å². The van der Waals surface area contributed by atoms with Gasteiger partial charge in [0.2, 0.25) is 0 Å². The minimum absolute atomic E-state index is 0.00694. The highest BCUT2D eigenvalue weighted by atomic mass is 16.6. The fourth-order valence-corrected chi connectivity index (χ4v) is 3.69. The van der Waals surface area contributed by atoms with Crippen LogP contribution >= 0.6 is 0 Å². The van der Waals surface area contributed by atoms with E-state index in [1.165, 1.54) is 12.8 Å². The van der Waals surface area contributed by atoms with E-state index in [1.54, 1.807) is 0 Å². The van der Waals surface area contributed by atoms with E-state index in [0.717, 1.165) is 12.3 Å². The summed E-state index contributed by atoms with van der Waals surface area (Å²) < 4.78 is 5.62. The van der Waals surface area contributed by atoms with Gasteiger partial charge in [-0.2, -0.15) is 5.26 Å². The van der Waals surface area contributed by atoms with Crippen molar-refractivity contribution < 1.29 is 4.74 Å². The predicted molar refractivity (Wildman–Crippen MR) is 47.8 cm³/mol. The first-order chi connectivity index (χ1) is 6.11. The van der Waals surface area contributed by atoms with Gasteiger partial charge in [0.15, 0.2) is 6.10 Å². The molecule has 3 aliphatic carbocycles.